The van der Waals surface area contributed by atoms with Crippen molar-refractivity contribution in [2.45, 2.75) is 63.7 Å². The van der Waals surface area contributed by atoms with E-state index >= 15 is 0 Å². The van der Waals surface area contributed by atoms with E-state index in [0.717, 1.165) is 31.5 Å². The van der Waals surface area contributed by atoms with Gasteiger partial charge in [0.15, 0.2) is 0 Å². The molecule has 0 amide bonds. The van der Waals surface area contributed by atoms with Crippen LogP contribution in [0.3, 0.4) is 0 Å². The Morgan fingerprint density at radius 1 is 1.23 bits per heavy atom. The van der Waals surface area contributed by atoms with Crippen LogP contribution in [0.15, 0.2) is 36.5 Å². The smallest absolute Gasteiger partial charge is 0.373 e. The summed E-state index contributed by atoms with van der Waals surface area (Å²) < 4.78 is 44.5. The average Bonchev–Trinajstić information content (AvgIpc) is 2.57. The van der Waals surface area contributed by atoms with Crippen LogP contribution in [-0.2, 0) is 10.9 Å². The van der Waals surface area contributed by atoms with Gasteiger partial charge in [0.1, 0.15) is 0 Å². The van der Waals surface area contributed by atoms with Crippen molar-refractivity contribution < 1.29 is 17.9 Å². The molecule has 26 heavy (non-hydrogen) atoms. The van der Waals surface area contributed by atoms with Gasteiger partial charge in [-0.05, 0) is 38.0 Å². The fraction of sp³-hybridized carbons (Fsp3) is 0.600. The maximum Gasteiger partial charge on any atom is 0.416 e. The molecule has 0 bridgehead atoms. The van der Waals surface area contributed by atoms with E-state index < -0.39 is 20.5 Å². The molecule has 1 aromatic rings. The van der Waals surface area contributed by atoms with Crippen LogP contribution in [-0.4, -0.2) is 39.0 Å². The molecule has 1 heterocycles. The molecule has 4 atom stereocenters. The Balaban J connectivity index is 2.17. The fourth-order valence-corrected chi connectivity index (χ4v) is 4.79. The van der Waals surface area contributed by atoms with Crippen molar-refractivity contribution in [1.82, 2.24) is 4.90 Å². The molecule has 1 aliphatic rings. The zero-order valence-corrected chi connectivity index (χ0v) is 17.1. The molecular weight excluding hydrogens is 355 g/mol. The molecule has 2 rings (SSSR count). The standard InChI is InChI=1S/C20H30F3NOSi/c1-5-26(4)12-6-7-19(24-13-15(2)25-16(3)14-24)17-8-10-18(11-9-17)20(21,22)23/h5,8-11,15-16,19,26H,1,6-7,12-14H2,2-4H3. The number of hydrogen-bond acceptors (Lipinski definition) is 2. The Labute approximate surface area is 156 Å². The van der Waals surface area contributed by atoms with Crippen LogP contribution >= 0.6 is 0 Å². The van der Waals surface area contributed by atoms with Gasteiger partial charge in [-0.3, -0.25) is 4.90 Å². The highest BCUT2D eigenvalue weighted by atomic mass is 28.3. The molecule has 1 aliphatic heterocycles. The highest BCUT2D eigenvalue weighted by Crippen LogP contribution is 2.33. The van der Waals surface area contributed by atoms with Crippen molar-refractivity contribution in [3.05, 3.63) is 47.7 Å². The van der Waals surface area contributed by atoms with E-state index in [-0.39, 0.29) is 18.2 Å². The van der Waals surface area contributed by atoms with Crippen molar-refractivity contribution in [3.63, 3.8) is 0 Å². The molecule has 0 spiro atoms. The molecule has 0 aromatic heterocycles. The van der Waals surface area contributed by atoms with E-state index in [1.807, 2.05) is 0 Å². The zero-order valence-electron chi connectivity index (χ0n) is 15.9. The van der Waals surface area contributed by atoms with Gasteiger partial charge in [-0.1, -0.05) is 31.1 Å². The third-order valence-corrected chi connectivity index (χ3v) is 7.17. The molecule has 0 N–H and O–H groups in total. The van der Waals surface area contributed by atoms with Gasteiger partial charge in [0.2, 0.25) is 0 Å². The van der Waals surface area contributed by atoms with Crippen LogP contribution in [0.1, 0.15) is 43.9 Å². The summed E-state index contributed by atoms with van der Waals surface area (Å²) in [5, 5.41) is 0. The van der Waals surface area contributed by atoms with E-state index in [0.29, 0.717) is 0 Å². The Hall–Kier alpha value is -1.11. The van der Waals surface area contributed by atoms with Crippen molar-refractivity contribution >= 4 is 8.80 Å². The second-order valence-electron chi connectivity index (χ2n) is 7.49. The first-order valence-electron chi connectivity index (χ1n) is 9.40. The number of nitrogens with zero attached hydrogens (tertiary/aromatic N) is 1. The van der Waals surface area contributed by atoms with Crippen molar-refractivity contribution in [3.8, 4) is 0 Å². The molecule has 0 saturated carbocycles. The summed E-state index contributed by atoms with van der Waals surface area (Å²) in [5.74, 6) is 0. The van der Waals surface area contributed by atoms with E-state index in [4.69, 9.17) is 4.74 Å². The largest absolute Gasteiger partial charge is 0.416 e. The number of rotatable bonds is 7. The Morgan fingerprint density at radius 3 is 2.31 bits per heavy atom. The highest BCUT2D eigenvalue weighted by molar-refractivity contribution is 6.62. The molecule has 0 aliphatic carbocycles. The number of hydrogen-bond donors (Lipinski definition) is 0. The minimum Gasteiger partial charge on any atom is -0.373 e. The minimum atomic E-state index is -4.29. The number of morpholine rings is 1. The molecule has 4 unspecified atom stereocenters. The molecule has 1 saturated heterocycles. The monoisotopic (exact) mass is 385 g/mol. The van der Waals surface area contributed by atoms with Crippen molar-refractivity contribution in [2.24, 2.45) is 0 Å². The quantitative estimate of drug-likeness (QED) is 0.597. The molecular formula is C20H30F3NOSi. The van der Waals surface area contributed by atoms with Gasteiger partial charge in [-0.15, -0.1) is 12.3 Å². The van der Waals surface area contributed by atoms with Crippen LogP contribution in [0.4, 0.5) is 13.2 Å². The van der Waals surface area contributed by atoms with E-state index in [1.54, 1.807) is 12.1 Å². The molecule has 2 nitrogen and oxygen atoms in total. The SMILES string of the molecule is C=C[SiH](C)CCCC(c1ccc(C(F)(F)F)cc1)N1CC(C)OC(C)C1. The third kappa shape index (κ3) is 5.96. The Bertz CT molecular complexity index is 565. The summed E-state index contributed by atoms with van der Waals surface area (Å²) in [7, 11) is -0.861. The van der Waals surface area contributed by atoms with Crippen LogP contribution in [0.2, 0.25) is 12.6 Å². The van der Waals surface area contributed by atoms with Gasteiger partial charge in [0.05, 0.1) is 26.6 Å². The van der Waals surface area contributed by atoms with Gasteiger partial charge in [0, 0.05) is 19.1 Å². The summed E-state index contributed by atoms with van der Waals surface area (Å²) in [6.07, 6.45) is -1.99. The van der Waals surface area contributed by atoms with Gasteiger partial charge < -0.3 is 4.74 Å². The maximum atomic E-state index is 12.9. The summed E-state index contributed by atoms with van der Waals surface area (Å²) in [6, 6.07) is 7.01. The van der Waals surface area contributed by atoms with Gasteiger partial charge in [0.25, 0.3) is 0 Å². The molecule has 6 heteroatoms. The van der Waals surface area contributed by atoms with Gasteiger partial charge in [-0.2, -0.15) is 13.2 Å². The molecule has 0 radical (unpaired) electrons. The Morgan fingerprint density at radius 2 is 1.81 bits per heavy atom. The lowest BCUT2D eigenvalue weighted by Gasteiger charge is -2.40. The first-order chi connectivity index (χ1) is 12.2. The lowest BCUT2D eigenvalue weighted by molar-refractivity contribution is -0.137. The maximum absolute atomic E-state index is 12.9. The lowest BCUT2D eigenvalue weighted by Crippen LogP contribution is -2.47. The number of halogens is 3. The van der Waals surface area contributed by atoms with Crippen LogP contribution in [0.25, 0.3) is 0 Å². The molecule has 146 valence electrons. The molecule has 1 fully saturated rings. The topological polar surface area (TPSA) is 12.5 Å². The first-order valence-corrected chi connectivity index (χ1v) is 12.0. The minimum absolute atomic E-state index is 0.136. The lowest BCUT2D eigenvalue weighted by atomic mass is 9.97. The van der Waals surface area contributed by atoms with E-state index in [9.17, 15) is 13.2 Å². The second-order valence-corrected chi connectivity index (χ2v) is 10.5. The summed E-state index contributed by atoms with van der Waals surface area (Å²) >= 11 is 0. The van der Waals surface area contributed by atoms with Gasteiger partial charge in [-0.25, -0.2) is 0 Å². The third-order valence-electron chi connectivity index (χ3n) is 5.05. The van der Waals surface area contributed by atoms with Crippen molar-refractivity contribution in [1.29, 1.82) is 0 Å². The normalized spacial score (nSPS) is 24.2. The predicted octanol–water partition coefficient (Wildman–Crippen LogP) is 5.22. The first kappa shape index (κ1) is 21.2. The Kier molecular flexibility index (Phi) is 7.49. The summed E-state index contributed by atoms with van der Waals surface area (Å²) in [6.45, 7) is 11.9. The molecule has 1 aromatic carbocycles. The summed E-state index contributed by atoms with van der Waals surface area (Å²) in [5.41, 5.74) is 2.47. The van der Waals surface area contributed by atoms with Crippen LogP contribution in [0, 0.1) is 0 Å². The van der Waals surface area contributed by atoms with Crippen LogP contribution in [0.5, 0.6) is 0 Å². The fourth-order valence-electron chi connectivity index (χ4n) is 3.68. The number of alkyl halides is 3. The highest BCUT2D eigenvalue weighted by Gasteiger charge is 2.32. The van der Waals surface area contributed by atoms with E-state index in [1.165, 1.54) is 18.2 Å². The van der Waals surface area contributed by atoms with E-state index in [2.05, 4.69) is 37.6 Å². The number of benzene rings is 1. The summed E-state index contributed by atoms with van der Waals surface area (Å²) in [4.78, 5) is 2.38. The van der Waals surface area contributed by atoms with Gasteiger partial charge >= 0.3 is 6.18 Å². The van der Waals surface area contributed by atoms with Crippen LogP contribution < -0.4 is 0 Å². The second kappa shape index (κ2) is 9.20. The average molecular weight is 386 g/mol. The van der Waals surface area contributed by atoms with Crippen molar-refractivity contribution in [2.75, 3.05) is 13.1 Å². The number of ether oxygens (including phenoxy) is 1. The zero-order chi connectivity index (χ0) is 19.3. The predicted molar refractivity (Wildman–Crippen MR) is 103 cm³/mol.